The Hall–Kier alpha value is -1.52. The number of hydrogen-bond acceptors (Lipinski definition) is 4. The third-order valence-corrected chi connectivity index (χ3v) is 3.89. The van der Waals surface area contributed by atoms with Gasteiger partial charge in [0.2, 0.25) is 0 Å². The van der Waals surface area contributed by atoms with Crippen LogP contribution < -0.4 is 10.1 Å². The average Bonchev–Trinajstić information content (AvgIpc) is 2.48. The quantitative estimate of drug-likeness (QED) is 0.808. The highest BCUT2D eigenvalue weighted by molar-refractivity contribution is 5.53. The molecule has 4 nitrogen and oxygen atoms in total. The number of hydrogen-bond donors (Lipinski definition) is 1. The first-order valence-corrected chi connectivity index (χ1v) is 7.85. The van der Waals surface area contributed by atoms with Gasteiger partial charge in [0.1, 0.15) is 23.6 Å². The second-order valence-corrected chi connectivity index (χ2v) is 5.97. The zero-order chi connectivity index (χ0) is 16.2. The summed E-state index contributed by atoms with van der Waals surface area (Å²) in [6.45, 7) is 9.58. The second-order valence-electron chi connectivity index (χ2n) is 5.97. The zero-order valence-corrected chi connectivity index (χ0v) is 14.2. The predicted molar refractivity (Wildman–Crippen MR) is 89.6 cm³/mol. The Morgan fingerprint density at radius 3 is 2.77 bits per heavy atom. The van der Waals surface area contributed by atoms with Gasteiger partial charge in [-0.2, -0.15) is 0 Å². The molecular formula is C18H27NO3. The largest absolute Gasteiger partial charge is 0.485 e. The number of methoxy groups -OCH3 is 1. The molecule has 22 heavy (non-hydrogen) atoms. The summed E-state index contributed by atoms with van der Waals surface area (Å²) >= 11 is 0. The maximum Gasteiger partial charge on any atom is 0.132 e. The summed E-state index contributed by atoms with van der Waals surface area (Å²) in [7, 11) is 1.72. The molecule has 0 saturated heterocycles. The average molecular weight is 305 g/mol. The molecule has 122 valence electrons. The molecule has 0 bridgehead atoms. The van der Waals surface area contributed by atoms with Crippen molar-refractivity contribution in [3.05, 3.63) is 35.9 Å². The van der Waals surface area contributed by atoms with Crippen LogP contribution in [0.5, 0.6) is 5.75 Å². The Morgan fingerprint density at radius 1 is 1.36 bits per heavy atom. The predicted octanol–water partition coefficient (Wildman–Crippen LogP) is 3.94. The standard InChI is InChI=1S/C18H27NO3/c1-6-8-11-21-17-16(20-5)14-12-13(19-7-2)9-10-15(14)22-18(17,3)4/h6,8-10,12,16-17,19H,7,11H2,1-5H3/b8-6+. The monoisotopic (exact) mass is 305 g/mol. The van der Waals surface area contributed by atoms with Gasteiger partial charge in [0.25, 0.3) is 0 Å². The van der Waals surface area contributed by atoms with Crippen molar-refractivity contribution in [3.8, 4) is 5.75 Å². The fraction of sp³-hybridized carbons (Fsp3) is 0.556. The first kappa shape index (κ1) is 16.8. The minimum atomic E-state index is -0.449. The van der Waals surface area contributed by atoms with Crippen LogP contribution in [0.3, 0.4) is 0 Å². The van der Waals surface area contributed by atoms with E-state index in [1.165, 1.54) is 0 Å². The minimum Gasteiger partial charge on any atom is -0.485 e. The molecule has 2 unspecified atom stereocenters. The van der Waals surface area contributed by atoms with Gasteiger partial charge in [-0.1, -0.05) is 12.2 Å². The van der Waals surface area contributed by atoms with Gasteiger partial charge in [0.15, 0.2) is 0 Å². The molecule has 0 spiro atoms. The SMILES string of the molecule is C/C=C/COC1C(OC)c2cc(NCC)ccc2OC1(C)C. The van der Waals surface area contributed by atoms with Crippen LogP contribution in [-0.2, 0) is 9.47 Å². The van der Waals surface area contributed by atoms with Gasteiger partial charge < -0.3 is 19.5 Å². The van der Waals surface area contributed by atoms with Crippen molar-refractivity contribution in [2.24, 2.45) is 0 Å². The smallest absolute Gasteiger partial charge is 0.132 e. The van der Waals surface area contributed by atoms with Crippen LogP contribution in [0.1, 0.15) is 39.4 Å². The van der Waals surface area contributed by atoms with Crippen LogP contribution in [0.2, 0.25) is 0 Å². The van der Waals surface area contributed by atoms with Crippen molar-refractivity contribution in [3.63, 3.8) is 0 Å². The van der Waals surface area contributed by atoms with E-state index in [1.54, 1.807) is 7.11 Å². The van der Waals surface area contributed by atoms with E-state index in [2.05, 4.69) is 18.3 Å². The number of nitrogens with one attached hydrogen (secondary N) is 1. The Labute approximate surface area is 133 Å². The third-order valence-electron chi connectivity index (χ3n) is 3.89. The number of rotatable bonds is 6. The topological polar surface area (TPSA) is 39.7 Å². The van der Waals surface area contributed by atoms with Crippen molar-refractivity contribution in [2.75, 3.05) is 25.6 Å². The lowest BCUT2D eigenvalue weighted by atomic mass is 9.88. The Bertz CT molecular complexity index is 525. The molecule has 1 aromatic rings. The Morgan fingerprint density at radius 2 is 2.14 bits per heavy atom. The molecule has 0 aromatic heterocycles. The fourth-order valence-electron chi connectivity index (χ4n) is 2.84. The van der Waals surface area contributed by atoms with Gasteiger partial charge in [-0.05, 0) is 45.9 Å². The summed E-state index contributed by atoms with van der Waals surface area (Å²) in [5.74, 6) is 0.865. The van der Waals surface area contributed by atoms with E-state index in [1.807, 2.05) is 45.1 Å². The van der Waals surface area contributed by atoms with E-state index in [0.717, 1.165) is 23.5 Å². The van der Waals surface area contributed by atoms with Crippen LogP contribution in [0.4, 0.5) is 5.69 Å². The summed E-state index contributed by atoms with van der Waals surface area (Å²) in [6, 6.07) is 6.13. The van der Waals surface area contributed by atoms with Crippen LogP contribution >= 0.6 is 0 Å². The van der Waals surface area contributed by atoms with Crippen molar-refractivity contribution < 1.29 is 14.2 Å². The van der Waals surface area contributed by atoms with Crippen LogP contribution in [-0.4, -0.2) is 32.0 Å². The molecule has 1 N–H and O–H groups in total. The summed E-state index contributed by atoms with van der Waals surface area (Å²) in [5.41, 5.74) is 1.65. The van der Waals surface area contributed by atoms with E-state index in [0.29, 0.717) is 6.61 Å². The maximum absolute atomic E-state index is 6.17. The van der Waals surface area contributed by atoms with E-state index in [4.69, 9.17) is 14.2 Å². The lowest BCUT2D eigenvalue weighted by Crippen LogP contribution is -2.50. The molecule has 0 fully saturated rings. The van der Waals surface area contributed by atoms with Gasteiger partial charge in [-0.3, -0.25) is 0 Å². The molecule has 0 saturated carbocycles. The van der Waals surface area contributed by atoms with E-state index in [-0.39, 0.29) is 12.2 Å². The molecule has 1 aromatic carbocycles. The highest BCUT2D eigenvalue weighted by Crippen LogP contribution is 2.43. The molecule has 2 rings (SSSR count). The lowest BCUT2D eigenvalue weighted by molar-refractivity contribution is -0.148. The molecule has 1 heterocycles. The third kappa shape index (κ3) is 3.45. The van der Waals surface area contributed by atoms with Crippen molar-refractivity contribution in [1.29, 1.82) is 0 Å². The minimum absolute atomic E-state index is 0.150. The molecule has 4 heteroatoms. The molecule has 0 radical (unpaired) electrons. The summed E-state index contributed by atoms with van der Waals surface area (Å²) in [4.78, 5) is 0. The molecule has 1 aliphatic heterocycles. The molecule has 2 atom stereocenters. The maximum atomic E-state index is 6.17. The first-order valence-electron chi connectivity index (χ1n) is 7.85. The van der Waals surface area contributed by atoms with Crippen molar-refractivity contribution in [2.45, 2.75) is 45.5 Å². The van der Waals surface area contributed by atoms with Crippen LogP contribution in [0.15, 0.2) is 30.4 Å². The van der Waals surface area contributed by atoms with Crippen molar-refractivity contribution >= 4 is 5.69 Å². The molecule has 1 aliphatic rings. The highest BCUT2D eigenvalue weighted by atomic mass is 16.6. The number of allylic oxidation sites excluding steroid dienone is 1. The fourth-order valence-corrected chi connectivity index (χ4v) is 2.84. The zero-order valence-electron chi connectivity index (χ0n) is 14.2. The second kappa shape index (κ2) is 7.16. The highest BCUT2D eigenvalue weighted by Gasteiger charge is 2.45. The van der Waals surface area contributed by atoms with E-state index >= 15 is 0 Å². The first-order chi connectivity index (χ1) is 10.5. The Kier molecular flexibility index (Phi) is 5.48. The van der Waals surface area contributed by atoms with Gasteiger partial charge >= 0.3 is 0 Å². The Balaban J connectivity index is 2.34. The molecule has 0 amide bonds. The van der Waals surface area contributed by atoms with Gasteiger partial charge in [0.05, 0.1) is 6.61 Å². The normalized spacial score (nSPS) is 23.1. The molecule has 0 aliphatic carbocycles. The summed E-state index contributed by atoms with van der Waals surface area (Å²) in [5, 5.41) is 3.33. The number of ether oxygens (including phenoxy) is 3. The molecular weight excluding hydrogens is 278 g/mol. The summed E-state index contributed by atoms with van der Waals surface area (Å²) < 4.78 is 18.0. The van der Waals surface area contributed by atoms with Crippen LogP contribution in [0.25, 0.3) is 0 Å². The number of benzene rings is 1. The number of fused-ring (bicyclic) bond motifs is 1. The van der Waals surface area contributed by atoms with Crippen molar-refractivity contribution in [1.82, 2.24) is 0 Å². The summed E-state index contributed by atoms with van der Waals surface area (Å²) in [6.07, 6.45) is 3.66. The van der Waals surface area contributed by atoms with E-state index in [9.17, 15) is 0 Å². The van der Waals surface area contributed by atoms with Crippen LogP contribution in [0, 0.1) is 0 Å². The van der Waals surface area contributed by atoms with E-state index < -0.39 is 5.60 Å². The van der Waals surface area contributed by atoms with Gasteiger partial charge in [-0.25, -0.2) is 0 Å². The lowest BCUT2D eigenvalue weighted by Gasteiger charge is -2.43. The van der Waals surface area contributed by atoms with Gasteiger partial charge in [-0.15, -0.1) is 0 Å². The van der Waals surface area contributed by atoms with Gasteiger partial charge in [0, 0.05) is 24.9 Å². The number of anilines is 1.